The largest absolute Gasteiger partial charge is 0.385 e. The summed E-state index contributed by atoms with van der Waals surface area (Å²) < 4.78 is 4.96. The van der Waals surface area contributed by atoms with Gasteiger partial charge in [-0.3, -0.25) is 9.59 Å². The van der Waals surface area contributed by atoms with E-state index < -0.39 is 0 Å². The van der Waals surface area contributed by atoms with Crippen molar-refractivity contribution in [3.05, 3.63) is 0 Å². The van der Waals surface area contributed by atoms with Gasteiger partial charge in [-0.15, -0.1) is 0 Å². The molecule has 0 saturated heterocycles. The van der Waals surface area contributed by atoms with Crippen LogP contribution >= 0.6 is 0 Å². The minimum atomic E-state index is 0.00563. The van der Waals surface area contributed by atoms with Crippen molar-refractivity contribution in [2.45, 2.75) is 40.0 Å². The Labute approximate surface area is 116 Å². The highest BCUT2D eigenvalue weighted by atomic mass is 16.5. The predicted octanol–water partition coefficient (Wildman–Crippen LogP) is 1.42. The number of carbonyl (C=O) groups excluding carboxylic acids is 2. The fourth-order valence-electron chi connectivity index (χ4n) is 1.65. The molecule has 0 spiro atoms. The molecular weight excluding hydrogens is 244 g/mol. The molecule has 5 heteroatoms. The van der Waals surface area contributed by atoms with Gasteiger partial charge in [-0.1, -0.05) is 13.8 Å². The molecule has 0 aliphatic rings. The van der Waals surface area contributed by atoms with Gasteiger partial charge in [0.1, 0.15) is 0 Å². The van der Waals surface area contributed by atoms with Crippen LogP contribution in [0.25, 0.3) is 0 Å². The molecule has 5 nitrogen and oxygen atoms in total. The van der Waals surface area contributed by atoms with Gasteiger partial charge < -0.3 is 15.0 Å². The molecule has 0 bridgehead atoms. The SMILES string of the molecule is COCCCN(CCC(=O)NCCC(C)C)C(C)=O. The average Bonchev–Trinajstić information content (AvgIpc) is 2.32. The molecule has 0 rings (SSSR count). The van der Waals surface area contributed by atoms with Crippen molar-refractivity contribution in [1.82, 2.24) is 10.2 Å². The van der Waals surface area contributed by atoms with Crippen LogP contribution in [0.3, 0.4) is 0 Å². The molecule has 0 saturated carbocycles. The number of ether oxygens (including phenoxy) is 1. The molecular formula is C14H28N2O3. The lowest BCUT2D eigenvalue weighted by Gasteiger charge is -2.20. The van der Waals surface area contributed by atoms with Crippen molar-refractivity contribution in [3.63, 3.8) is 0 Å². The van der Waals surface area contributed by atoms with E-state index in [9.17, 15) is 9.59 Å². The van der Waals surface area contributed by atoms with Gasteiger partial charge >= 0.3 is 0 Å². The van der Waals surface area contributed by atoms with Crippen LogP contribution in [-0.4, -0.2) is 50.1 Å². The molecule has 0 aromatic rings. The molecule has 1 N–H and O–H groups in total. The van der Waals surface area contributed by atoms with Crippen molar-refractivity contribution in [2.75, 3.05) is 33.4 Å². The lowest BCUT2D eigenvalue weighted by atomic mass is 10.1. The van der Waals surface area contributed by atoms with Gasteiger partial charge in [0.05, 0.1) is 0 Å². The maximum absolute atomic E-state index is 11.6. The smallest absolute Gasteiger partial charge is 0.221 e. The Hall–Kier alpha value is -1.10. The van der Waals surface area contributed by atoms with Crippen LogP contribution in [0.1, 0.15) is 40.0 Å². The van der Waals surface area contributed by atoms with E-state index in [1.54, 1.807) is 12.0 Å². The predicted molar refractivity (Wildman–Crippen MR) is 75.8 cm³/mol. The first-order valence-electron chi connectivity index (χ1n) is 6.98. The fourth-order valence-corrected chi connectivity index (χ4v) is 1.65. The Balaban J connectivity index is 3.83. The molecule has 0 aromatic carbocycles. The molecule has 0 aromatic heterocycles. The highest BCUT2D eigenvalue weighted by molar-refractivity contribution is 5.77. The van der Waals surface area contributed by atoms with Crippen molar-refractivity contribution in [1.29, 1.82) is 0 Å². The van der Waals surface area contributed by atoms with E-state index in [4.69, 9.17) is 4.74 Å². The second-order valence-electron chi connectivity index (χ2n) is 5.13. The number of methoxy groups -OCH3 is 1. The first kappa shape index (κ1) is 17.9. The summed E-state index contributed by atoms with van der Waals surface area (Å²) in [6.45, 7) is 8.24. The summed E-state index contributed by atoms with van der Waals surface area (Å²) in [6.07, 6.45) is 2.14. The number of hydrogen-bond acceptors (Lipinski definition) is 3. The number of amides is 2. The van der Waals surface area contributed by atoms with Crippen LogP contribution in [0.15, 0.2) is 0 Å². The highest BCUT2D eigenvalue weighted by Crippen LogP contribution is 1.98. The average molecular weight is 272 g/mol. The zero-order valence-corrected chi connectivity index (χ0v) is 12.7. The van der Waals surface area contributed by atoms with Crippen LogP contribution in [0.5, 0.6) is 0 Å². The van der Waals surface area contributed by atoms with E-state index in [1.807, 2.05) is 0 Å². The normalized spacial score (nSPS) is 10.6. The van der Waals surface area contributed by atoms with Gasteiger partial charge in [-0.2, -0.15) is 0 Å². The van der Waals surface area contributed by atoms with Gasteiger partial charge in [0.2, 0.25) is 11.8 Å². The quantitative estimate of drug-likeness (QED) is 0.612. The number of carbonyl (C=O) groups is 2. The summed E-state index contributed by atoms with van der Waals surface area (Å²) in [6, 6.07) is 0. The highest BCUT2D eigenvalue weighted by Gasteiger charge is 2.10. The zero-order valence-electron chi connectivity index (χ0n) is 12.7. The molecule has 0 aliphatic carbocycles. The second kappa shape index (κ2) is 10.8. The molecule has 0 aliphatic heterocycles. The first-order valence-corrected chi connectivity index (χ1v) is 6.98. The van der Waals surface area contributed by atoms with Crippen LogP contribution in [0, 0.1) is 5.92 Å². The Morgan fingerprint density at radius 1 is 1.26 bits per heavy atom. The van der Waals surface area contributed by atoms with Gasteiger partial charge in [-0.25, -0.2) is 0 Å². The number of nitrogens with zero attached hydrogens (tertiary/aromatic N) is 1. The minimum Gasteiger partial charge on any atom is -0.385 e. The molecule has 19 heavy (non-hydrogen) atoms. The summed E-state index contributed by atoms with van der Waals surface area (Å²) in [5.74, 6) is 0.604. The molecule has 0 fully saturated rings. The first-order chi connectivity index (χ1) is 8.97. The van der Waals surface area contributed by atoms with Gasteiger partial charge in [-0.05, 0) is 18.8 Å². The van der Waals surface area contributed by atoms with E-state index in [2.05, 4.69) is 19.2 Å². The number of nitrogens with one attached hydrogen (secondary N) is 1. The molecule has 112 valence electrons. The number of hydrogen-bond donors (Lipinski definition) is 1. The van der Waals surface area contributed by atoms with Gasteiger partial charge in [0.15, 0.2) is 0 Å². The zero-order chi connectivity index (χ0) is 14.7. The van der Waals surface area contributed by atoms with Crippen molar-refractivity contribution in [3.8, 4) is 0 Å². The molecule has 0 radical (unpaired) electrons. The summed E-state index contributed by atoms with van der Waals surface area (Å²) in [5.41, 5.74) is 0. The van der Waals surface area contributed by atoms with Crippen molar-refractivity contribution < 1.29 is 14.3 Å². The van der Waals surface area contributed by atoms with E-state index in [1.165, 1.54) is 6.92 Å². The Morgan fingerprint density at radius 3 is 2.47 bits per heavy atom. The third-order valence-corrected chi connectivity index (χ3v) is 2.87. The van der Waals surface area contributed by atoms with Gasteiger partial charge in [0.25, 0.3) is 0 Å². The van der Waals surface area contributed by atoms with E-state index in [0.717, 1.165) is 12.8 Å². The summed E-state index contributed by atoms with van der Waals surface area (Å²) >= 11 is 0. The summed E-state index contributed by atoms with van der Waals surface area (Å²) in [7, 11) is 1.64. The molecule has 0 heterocycles. The lowest BCUT2D eigenvalue weighted by molar-refractivity contribution is -0.129. The van der Waals surface area contributed by atoms with E-state index in [0.29, 0.717) is 38.6 Å². The van der Waals surface area contributed by atoms with Crippen LogP contribution in [0.4, 0.5) is 0 Å². The molecule has 0 unspecified atom stereocenters. The van der Waals surface area contributed by atoms with Crippen molar-refractivity contribution in [2.24, 2.45) is 5.92 Å². The van der Waals surface area contributed by atoms with Gasteiger partial charge in [0, 0.05) is 46.7 Å². The summed E-state index contributed by atoms with van der Waals surface area (Å²) in [4.78, 5) is 24.7. The standard InChI is InChI=1S/C14H28N2O3/c1-12(2)6-8-15-14(18)7-10-16(13(3)17)9-5-11-19-4/h12H,5-11H2,1-4H3,(H,15,18). The van der Waals surface area contributed by atoms with Crippen LogP contribution < -0.4 is 5.32 Å². The summed E-state index contributed by atoms with van der Waals surface area (Å²) in [5, 5.41) is 2.87. The maximum atomic E-state index is 11.6. The minimum absolute atomic E-state index is 0.00563. The molecule has 2 amide bonds. The van der Waals surface area contributed by atoms with E-state index in [-0.39, 0.29) is 11.8 Å². The van der Waals surface area contributed by atoms with Crippen molar-refractivity contribution >= 4 is 11.8 Å². The Kier molecular flexibility index (Phi) is 10.2. The topological polar surface area (TPSA) is 58.6 Å². The van der Waals surface area contributed by atoms with Crippen LogP contribution in [0.2, 0.25) is 0 Å². The third-order valence-electron chi connectivity index (χ3n) is 2.87. The monoisotopic (exact) mass is 272 g/mol. The lowest BCUT2D eigenvalue weighted by Crippen LogP contribution is -2.35. The third kappa shape index (κ3) is 10.5. The molecule has 0 atom stereocenters. The Bertz CT molecular complexity index is 267. The maximum Gasteiger partial charge on any atom is 0.221 e. The van der Waals surface area contributed by atoms with E-state index >= 15 is 0 Å². The number of rotatable bonds is 10. The second-order valence-corrected chi connectivity index (χ2v) is 5.13. The fraction of sp³-hybridized carbons (Fsp3) is 0.857. The van der Waals surface area contributed by atoms with Crippen LogP contribution in [-0.2, 0) is 14.3 Å². The Morgan fingerprint density at radius 2 is 1.95 bits per heavy atom.